The van der Waals surface area contributed by atoms with Crippen molar-refractivity contribution in [3.05, 3.63) is 29.8 Å². The fraction of sp³-hybridized carbons (Fsp3) is 0.667. The standard InChI is InChI=1S/C24H41NOS/c1-19(2)8-11-21(22-15-17-26-24(4,5)18-22)14-16-25-27(6,7)23-12-9-20(3)10-13-23/h9-10,12-13,19,21-22,25H,6-8,11,14-18H2,1-5H3/t21-,22+/m0/s1. The van der Waals surface area contributed by atoms with Crippen LogP contribution in [0.5, 0.6) is 0 Å². The van der Waals surface area contributed by atoms with Crippen molar-refractivity contribution in [1.82, 2.24) is 4.72 Å². The van der Waals surface area contributed by atoms with E-state index in [1.54, 1.807) is 0 Å². The van der Waals surface area contributed by atoms with Crippen molar-refractivity contribution >= 4 is 21.1 Å². The van der Waals surface area contributed by atoms with Crippen LogP contribution >= 0.6 is 9.39 Å². The molecule has 1 aliphatic heterocycles. The van der Waals surface area contributed by atoms with Crippen LogP contribution in [0.1, 0.15) is 65.4 Å². The number of hydrogen-bond donors (Lipinski definition) is 1. The van der Waals surface area contributed by atoms with E-state index < -0.39 is 9.39 Å². The highest BCUT2D eigenvalue weighted by Gasteiger charge is 2.33. The highest BCUT2D eigenvalue weighted by Crippen LogP contribution is 2.37. The van der Waals surface area contributed by atoms with Gasteiger partial charge in [0.25, 0.3) is 0 Å². The summed E-state index contributed by atoms with van der Waals surface area (Å²) in [7, 11) is -1.43. The lowest BCUT2D eigenvalue weighted by Gasteiger charge is -2.39. The van der Waals surface area contributed by atoms with Crippen LogP contribution in [0.3, 0.4) is 0 Å². The second kappa shape index (κ2) is 9.62. The lowest BCUT2D eigenvalue weighted by Crippen LogP contribution is -2.37. The predicted molar refractivity (Wildman–Crippen MR) is 124 cm³/mol. The predicted octanol–water partition coefficient (Wildman–Crippen LogP) is 6.17. The van der Waals surface area contributed by atoms with Gasteiger partial charge in [0.15, 0.2) is 0 Å². The van der Waals surface area contributed by atoms with Crippen molar-refractivity contribution in [2.45, 2.75) is 77.2 Å². The second-order valence-electron chi connectivity index (χ2n) is 9.47. The topological polar surface area (TPSA) is 21.3 Å². The van der Waals surface area contributed by atoms with Gasteiger partial charge in [0.2, 0.25) is 0 Å². The van der Waals surface area contributed by atoms with Gasteiger partial charge in [0, 0.05) is 18.0 Å². The smallest absolute Gasteiger partial charge is 0.0629 e. The first-order valence-electron chi connectivity index (χ1n) is 10.5. The molecule has 1 saturated heterocycles. The molecule has 0 unspecified atom stereocenters. The number of benzene rings is 1. The minimum Gasteiger partial charge on any atom is -0.376 e. The Bertz CT molecular complexity index is 673. The molecule has 1 aromatic rings. The van der Waals surface area contributed by atoms with E-state index in [-0.39, 0.29) is 5.60 Å². The molecular weight excluding hydrogens is 350 g/mol. The van der Waals surface area contributed by atoms with Crippen molar-refractivity contribution in [3.63, 3.8) is 0 Å². The molecule has 0 bridgehead atoms. The van der Waals surface area contributed by atoms with Crippen molar-refractivity contribution in [2.75, 3.05) is 13.2 Å². The first kappa shape index (κ1) is 22.5. The van der Waals surface area contributed by atoms with Gasteiger partial charge < -0.3 is 4.74 Å². The molecule has 1 N–H and O–H groups in total. The molecule has 27 heavy (non-hydrogen) atoms. The van der Waals surface area contributed by atoms with Crippen LogP contribution in [-0.2, 0) is 4.74 Å². The molecule has 0 saturated carbocycles. The average Bonchev–Trinajstić information content (AvgIpc) is 2.57. The van der Waals surface area contributed by atoms with Crippen molar-refractivity contribution in [1.29, 1.82) is 0 Å². The number of nitrogens with one attached hydrogen (secondary N) is 1. The summed E-state index contributed by atoms with van der Waals surface area (Å²) in [5, 5.41) is 0. The van der Waals surface area contributed by atoms with Crippen LogP contribution in [0.4, 0.5) is 0 Å². The highest BCUT2D eigenvalue weighted by atomic mass is 32.2. The summed E-state index contributed by atoms with van der Waals surface area (Å²) >= 11 is 0. The molecule has 1 aromatic carbocycles. The fourth-order valence-corrected chi connectivity index (χ4v) is 5.50. The normalized spacial score (nSPS) is 21.3. The zero-order valence-corrected chi connectivity index (χ0v) is 19.0. The monoisotopic (exact) mass is 391 g/mol. The quantitative estimate of drug-likeness (QED) is 0.508. The van der Waals surface area contributed by atoms with E-state index in [0.29, 0.717) is 0 Å². The molecule has 3 heteroatoms. The van der Waals surface area contributed by atoms with Gasteiger partial charge in [0.05, 0.1) is 5.60 Å². The van der Waals surface area contributed by atoms with Gasteiger partial charge in [-0.25, -0.2) is 0 Å². The number of rotatable bonds is 9. The van der Waals surface area contributed by atoms with Crippen molar-refractivity contribution in [2.24, 2.45) is 17.8 Å². The van der Waals surface area contributed by atoms with E-state index in [9.17, 15) is 0 Å². The van der Waals surface area contributed by atoms with Crippen LogP contribution in [0.2, 0.25) is 0 Å². The molecule has 0 spiro atoms. The second-order valence-corrected chi connectivity index (χ2v) is 12.0. The summed E-state index contributed by atoms with van der Waals surface area (Å²) in [4.78, 5) is 1.24. The Morgan fingerprint density at radius 2 is 1.81 bits per heavy atom. The van der Waals surface area contributed by atoms with Gasteiger partial charge in [-0.2, -0.15) is 0 Å². The summed E-state index contributed by atoms with van der Waals surface area (Å²) in [5.74, 6) is 11.1. The highest BCUT2D eigenvalue weighted by molar-refractivity contribution is 8.26. The lowest BCUT2D eigenvalue weighted by atomic mass is 9.76. The third-order valence-corrected chi connectivity index (χ3v) is 7.81. The minimum absolute atomic E-state index is 0.0297. The van der Waals surface area contributed by atoms with E-state index in [4.69, 9.17) is 4.74 Å². The van der Waals surface area contributed by atoms with Crippen molar-refractivity contribution in [3.8, 4) is 0 Å². The average molecular weight is 392 g/mol. The van der Waals surface area contributed by atoms with E-state index in [2.05, 4.69) is 75.3 Å². The summed E-state index contributed by atoms with van der Waals surface area (Å²) < 4.78 is 9.67. The Hall–Kier alpha value is -0.770. The molecule has 0 amide bonds. The maximum atomic E-state index is 5.97. The third kappa shape index (κ3) is 7.29. The zero-order chi connectivity index (χ0) is 20.1. The van der Waals surface area contributed by atoms with Gasteiger partial charge in [-0.05, 0) is 76.3 Å². The van der Waals surface area contributed by atoms with Crippen LogP contribution in [0.15, 0.2) is 29.2 Å². The summed E-state index contributed by atoms with van der Waals surface area (Å²) in [6.07, 6.45) is 6.23. The third-order valence-electron chi connectivity index (χ3n) is 5.88. The maximum Gasteiger partial charge on any atom is 0.0629 e. The molecule has 1 fully saturated rings. The summed E-state index contributed by atoms with van der Waals surface area (Å²) in [6.45, 7) is 13.2. The first-order valence-corrected chi connectivity index (χ1v) is 12.5. The zero-order valence-electron chi connectivity index (χ0n) is 18.2. The van der Waals surface area contributed by atoms with Crippen LogP contribution < -0.4 is 4.72 Å². The Labute approximate surface area is 168 Å². The molecule has 2 atom stereocenters. The van der Waals surface area contributed by atoms with Crippen molar-refractivity contribution < 1.29 is 4.74 Å². The van der Waals surface area contributed by atoms with Crippen LogP contribution in [0, 0.1) is 24.7 Å². The van der Waals surface area contributed by atoms with Gasteiger partial charge in [-0.1, -0.05) is 49.7 Å². The molecule has 2 rings (SSSR count). The SMILES string of the molecule is C=S(=C)(NCC[C@H](CCC(C)C)[C@@H]1CCOC(C)(C)C1)c1ccc(C)cc1. The van der Waals surface area contributed by atoms with E-state index in [1.165, 1.54) is 42.6 Å². The summed E-state index contributed by atoms with van der Waals surface area (Å²) in [6, 6.07) is 8.67. The largest absolute Gasteiger partial charge is 0.376 e. The van der Waals surface area contributed by atoms with Crippen LogP contribution in [0.25, 0.3) is 0 Å². The van der Waals surface area contributed by atoms with Gasteiger partial charge >= 0.3 is 0 Å². The molecule has 0 aliphatic carbocycles. The minimum atomic E-state index is -1.43. The molecule has 154 valence electrons. The molecule has 2 nitrogen and oxygen atoms in total. The van der Waals surface area contributed by atoms with E-state index in [1.807, 2.05) is 0 Å². The van der Waals surface area contributed by atoms with E-state index in [0.717, 1.165) is 30.9 Å². The van der Waals surface area contributed by atoms with Gasteiger partial charge in [0.1, 0.15) is 0 Å². The number of hydrogen-bond acceptors (Lipinski definition) is 2. The van der Waals surface area contributed by atoms with Gasteiger partial charge in [-0.3, -0.25) is 4.72 Å². The summed E-state index contributed by atoms with van der Waals surface area (Å²) in [5.41, 5.74) is 1.31. The maximum absolute atomic E-state index is 5.97. The Morgan fingerprint density at radius 3 is 2.41 bits per heavy atom. The first-order chi connectivity index (χ1) is 12.6. The van der Waals surface area contributed by atoms with Gasteiger partial charge in [-0.15, -0.1) is 9.39 Å². The molecule has 0 aromatic heterocycles. The molecular formula is C24H41NOS. The Balaban J connectivity index is 1.97. The molecule has 1 aliphatic rings. The Morgan fingerprint density at radius 1 is 1.15 bits per heavy atom. The number of ether oxygens (including phenoxy) is 1. The fourth-order valence-electron chi connectivity index (χ4n) is 4.17. The number of aryl methyl sites for hydroxylation is 1. The molecule has 1 heterocycles. The molecule has 0 radical (unpaired) electrons. The lowest BCUT2D eigenvalue weighted by molar-refractivity contribution is -0.0839. The van der Waals surface area contributed by atoms with Crippen LogP contribution in [-0.4, -0.2) is 30.5 Å². The Kier molecular flexibility index (Phi) is 8.03. The van der Waals surface area contributed by atoms with E-state index >= 15 is 0 Å².